The number of fused-ring (bicyclic) bond motifs is 1. The Kier molecular flexibility index (Phi) is 4.79. The van der Waals surface area contributed by atoms with Crippen molar-refractivity contribution in [3.8, 4) is 0 Å². The van der Waals surface area contributed by atoms with Crippen LogP contribution in [0.4, 0.5) is 0 Å². The van der Waals surface area contributed by atoms with E-state index in [-0.39, 0.29) is 0 Å². The van der Waals surface area contributed by atoms with Gasteiger partial charge in [-0.05, 0) is 31.1 Å². The topological polar surface area (TPSA) is 9.23 Å². The smallest absolute Gasteiger partial charge is 0.0606 e. The molecule has 13 heavy (non-hydrogen) atoms. The summed E-state index contributed by atoms with van der Waals surface area (Å²) in [6, 6.07) is 0. The number of hydrogen-bond acceptors (Lipinski definition) is 1. The first-order chi connectivity index (χ1) is 6.27. The molecular weight excluding hydrogens is 160 g/mol. The van der Waals surface area contributed by atoms with Crippen LogP contribution in [0.25, 0.3) is 0 Å². The van der Waals surface area contributed by atoms with Crippen LogP contribution < -0.4 is 0 Å². The van der Waals surface area contributed by atoms with E-state index in [1.165, 1.54) is 32.1 Å². The molecule has 1 nitrogen and oxygen atoms in total. The molecule has 0 N–H and O–H groups in total. The summed E-state index contributed by atoms with van der Waals surface area (Å²) >= 11 is 0. The second-order valence-electron chi connectivity index (χ2n) is 4.53. The second kappa shape index (κ2) is 5.64. The standard InChI is InChI=1S/C8H14O.C4H10/c1-6-4-7-2-3-9-8(7)5-6;1-3-4-2/h6-8H,2-5H2,1H3;3-4H2,1-2H3. The Morgan fingerprint density at radius 1 is 1.15 bits per heavy atom. The van der Waals surface area contributed by atoms with Crippen molar-refractivity contribution < 1.29 is 4.74 Å². The SMILES string of the molecule is CC1CC2CCOC2C1.CCCC. The molecule has 1 aliphatic carbocycles. The lowest BCUT2D eigenvalue weighted by molar-refractivity contribution is 0.0992. The van der Waals surface area contributed by atoms with Gasteiger partial charge in [0.1, 0.15) is 0 Å². The molecule has 1 saturated carbocycles. The van der Waals surface area contributed by atoms with Crippen molar-refractivity contribution in [1.29, 1.82) is 0 Å². The molecule has 0 aromatic carbocycles. The minimum atomic E-state index is 0.653. The van der Waals surface area contributed by atoms with Gasteiger partial charge in [0.25, 0.3) is 0 Å². The van der Waals surface area contributed by atoms with E-state index in [2.05, 4.69) is 20.8 Å². The fraction of sp³-hybridized carbons (Fsp3) is 1.00. The average Bonchev–Trinajstić information content (AvgIpc) is 2.64. The Morgan fingerprint density at radius 3 is 2.38 bits per heavy atom. The van der Waals surface area contributed by atoms with Crippen LogP contribution in [-0.2, 0) is 4.74 Å². The van der Waals surface area contributed by atoms with Crippen LogP contribution in [-0.4, -0.2) is 12.7 Å². The monoisotopic (exact) mass is 184 g/mol. The van der Waals surface area contributed by atoms with Crippen LogP contribution in [0.1, 0.15) is 52.9 Å². The molecule has 2 rings (SSSR count). The predicted molar refractivity (Wildman–Crippen MR) is 56.8 cm³/mol. The van der Waals surface area contributed by atoms with Crippen LogP contribution >= 0.6 is 0 Å². The fourth-order valence-corrected chi connectivity index (χ4v) is 2.23. The van der Waals surface area contributed by atoms with Crippen LogP contribution in [0.3, 0.4) is 0 Å². The van der Waals surface area contributed by atoms with Gasteiger partial charge in [0, 0.05) is 6.61 Å². The zero-order valence-corrected chi connectivity index (χ0v) is 9.38. The Balaban J connectivity index is 0.000000184. The maximum atomic E-state index is 5.55. The highest BCUT2D eigenvalue weighted by Crippen LogP contribution is 2.38. The van der Waals surface area contributed by atoms with Gasteiger partial charge in [-0.2, -0.15) is 0 Å². The molecule has 0 amide bonds. The zero-order chi connectivity index (χ0) is 9.68. The molecule has 0 bridgehead atoms. The van der Waals surface area contributed by atoms with E-state index in [0.29, 0.717) is 6.10 Å². The minimum absolute atomic E-state index is 0.653. The van der Waals surface area contributed by atoms with Crippen LogP contribution in [0.15, 0.2) is 0 Å². The van der Waals surface area contributed by atoms with Crippen LogP contribution in [0.2, 0.25) is 0 Å². The maximum Gasteiger partial charge on any atom is 0.0606 e. The first kappa shape index (κ1) is 11.0. The Hall–Kier alpha value is -0.0400. The number of unbranched alkanes of at least 4 members (excludes halogenated alkanes) is 1. The largest absolute Gasteiger partial charge is 0.378 e. The summed E-state index contributed by atoms with van der Waals surface area (Å²) in [5.74, 6) is 1.86. The summed E-state index contributed by atoms with van der Waals surface area (Å²) in [5, 5.41) is 0. The molecule has 78 valence electrons. The predicted octanol–water partition coefficient (Wildman–Crippen LogP) is 3.63. The van der Waals surface area contributed by atoms with E-state index < -0.39 is 0 Å². The van der Waals surface area contributed by atoms with Crippen molar-refractivity contribution in [3.05, 3.63) is 0 Å². The summed E-state index contributed by atoms with van der Waals surface area (Å²) in [6.45, 7) is 7.73. The first-order valence-corrected chi connectivity index (χ1v) is 5.89. The van der Waals surface area contributed by atoms with Gasteiger partial charge < -0.3 is 4.74 Å². The van der Waals surface area contributed by atoms with E-state index in [9.17, 15) is 0 Å². The molecule has 1 aliphatic heterocycles. The lowest BCUT2D eigenvalue weighted by Gasteiger charge is -2.04. The molecule has 1 heteroatoms. The number of ether oxygens (including phenoxy) is 1. The second-order valence-corrected chi connectivity index (χ2v) is 4.53. The average molecular weight is 184 g/mol. The highest BCUT2D eigenvalue weighted by Gasteiger charge is 2.36. The van der Waals surface area contributed by atoms with E-state index in [0.717, 1.165) is 18.4 Å². The van der Waals surface area contributed by atoms with Crippen molar-refractivity contribution in [3.63, 3.8) is 0 Å². The third-order valence-corrected chi connectivity index (χ3v) is 3.19. The zero-order valence-electron chi connectivity index (χ0n) is 9.38. The maximum absolute atomic E-state index is 5.55. The van der Waals surface area contributed by atoms with Gasteiger partial charge in [-0.1, -0.05) is 33.6 Å². The van der Waals surface area contributed by atoms with Gasteiger partial charge >= 0.3 is 0 Å². The van der Waals surface area contributed by atoms with Crippen molar-refractivity contribution >= 4 is 0 Å². The normalized spacial score (nSPS) is 36.7. The quantitative estimate of drug-likeness (QED) is 0.604. The summed E-state index contributed by atoms with van der Waals surface area (Å²) in [4.78, 5) is 0. The molecule has 1 saturated heterocycles. The third kappa shape index (κ3) is 3.30. The minimum Gasteiger partial charge on any atom is -0.378 e. The van der Waals surface area contributed by atoms with Crippen molar-refractivity contribution in [2.45, 2.75) is 59.0 Å². The van der Waals surface area contributed by atoms with Gasteiger partial charge in [0.15, 0.2) is 0 Å². The molecule has 2 fully saturated rings. The first-order valence-electron chi connectivity index (χ1n) is 5.89. The molecule has 0 radical (unpaired) electrons. The van der Waals surface area contributed by atoms with Crippen molar-refractivity contribution in [2.75, 3.05) is 6.61 Å². The van der Waals surface area contributed by atoms with Gasteiger partial charge in [-0.25, -0.2) is 0 Å². The molecule has 1 heterocycles. The lowest BCUT2D eigenvalue weighted by Crippen LogP contribution is -2.06. The van der Waals surface area contributed by atoms with Gasteiger partial charge in [0.2, 0.25) is 0 Å². The third-order valence-electron chi connectivity index (χ3n) is 3.19. The summed E-state index contributed by atoms with van der Waals surface area (Å²) in [6.07, 6.45) is 7.37. The van der Waals surface area contributed by atoms with E-state index >= 15 is 0 Å². The van der Waals surface area contributed by atoms with Crippen molar-refractivity contribution in [2.24, 2.45) is 11.8 Å². The summed E-state index contributed by atoms with van der Waals surface area (Å²) < 4.78 is 5.55. The Morgan fingerprint density at radius 2 is 1.85 bits per heavy atom. The number of rotatable bonds is 1. The molecule has 2 aliphatic rings. The van der Waals surface area contributed by atoms with Gasteiger partial charge in [0.05, 0.1) is 6.10 Å². The highest BCUT2D eigenvalue weighted by atomic mass is 16.5. The van der Waals surface area contributed by atoms with Crippen LogP contribution in [0, 0.1) is 11.8 Å². The molecule has 3 unspecified atom stereocenters. The Bertz CT molecular complexity index is 119. The Labute approximate surface area is 82.9 Å². The summed E-state index contributed by atoms with van der Waals surface area (Å²) in [7, 11) is 0. The molecule has 3 atom stereocenters. The van der Waals surface area contributed by atoms with Gasteiger partial charge in [-0.3, -0.25) is 0 Å². The van der Waals surface area contributed by atoms with Crippen molar-refractivity contribution in [1.82, 2.24) is 0 Å². The molecule has 0 aromatic heterocycles. The van der Waals surface area contributed by atoms with E-state index in [1.807, 2.05) is 0 Å². The highest BCUT2D eigenvalue weighted by molar-refractivity contribution is 4.85. The molecule has 0 spiro atoms. The van der Waals surface area contributed by atoms with Crippen LogP contribution in [0.5, 0.6) is 0 Å². The number of hydrogen-bond donors (Lipinski definition) is 0. The lowest BCUT2D eigenvalue weighted by atomic mass is 10.0. The van der Waals surface area contributed by atoms with E-state index in [4.69, 9.17) is 4.74 Å². The summed E-state index contributed by atoms with van der Waals surface area (Å²) in [5.41, 5.74) is 0. The molecular formula is C12H24O. The van der Waals surface area contributed by atoms with Gasteiger partial charge in [-0.15, -0.1) is 0 Å². The fourth-order valence-electron chi connectivity index (χ4n) is 2.23. The molecule has 0 aromatic rings. The van der Waals surface area contributed by atoms with E-state index in [1.54, 1.807) is 0 Å².